The van der Waals surface area contributed by atoms with Crippen LogP contribution in [-0.2, 0) is 16.8 Å². The summed E-state index contributed by atoms with van der Waals surface area (Å²) in [5.74, 6) is 1.14. The summed E-state index contributed by atoms with van der Waals surface area (Å²) in [4.78, 5) is 15.0. The summed E-state index contributed by atoms with van der Waals surface area (Å²) in [7, 11) is 1.68. The molecule has 1 aliphatic heterocycles. The maximum absolute atomic E-state index is 13.0. The number of amides is 1. The summed E-state index contributed by atoms with van der Waals surface area (Å²) < 4.78 is 5.43. The third-order valence-electron chi connectivity index (χ3n) is 5.13. The first-order chi connectivity index (χ1) is 11.5. The van der Waals surface area contributed by atoms with E-state index in [1.807, 2.05) is 41.3 Å². The first kappa shape index (κ1) is 16.6. The van der Waals surface area contributed by atoms with E-state index in [2.05, 4.69) is 32.0 Å². The van der Waals surface area contributed by atoms with Gasteiger partial charge in [-0.3, -0.25) is 4.79 Å². The smallest absolute Gasteiger partial charge is 0.226 e. The Kier molecular flexibility index (Phi) is 4.61. The average Bonchev–Trinajstić information content (AvgIpc) is 2.97. The van der Waals surface area contributed by atoms with Crippen molar-refractivity contribution in [3.63, 3.8) is 0 Å². The Morgan fingerprint density at radius 3 is 2.46 bits per heavy atom. The van der Waals surface area contributed by atoms with Crippen LogP contribution in [0.25, 0.3) is 0 Å². The summed E-state index contributed by atoms with van der Waals surface area (Å²) in [6.07, 6.45) is 1.64. The summed E-state index contributed by atoms with van der Waals surface area (Å²) in [6, 6.07) is 18.2. The molecule has 3 heteroatoms. The van der Waals surface area contributed by atoms with Gasteiger partial charge in [-0.2, -0.15) is 0 Å². The third kappa shape index (κ3) is 3.03. The second-order valence-corrected chi connectivity index (χ2v) is 6.92. The number of para-hydroxylation sites is 1. The highest BCUT2D eigenvalue weighted by molar-refractivity contribution is 5.82. The Labute approximate surface area is 144 Å². The molecule has 2 aromatic carbocycles. The van der Waals surface area contributed by atoms with Crippen LogP contribution in [-0.4, -0.2) is 24.5 Å². The van der Waals surface area contributed by atoms with Crippen LogP contribution < -0.4 is 4.74 Å². The maximum Gasteiger partial charge on any atom is 0.226 e. The largest absolute Gasteiger partial charge is 0.496 e. The first-order valence-electron chi connectivity index (χ1n) is 8.53. The molecule has 1 fully saturated rings. The third-order valence-corrected chi connectivity index (χ3v) is 5.13. The first-order valence-corrected chi connectivity index (χ1v) is 8.53. The van der Waals surface area contributed by atoms with Gasteiger partial charge in [-0.15, -0.1) is 0 Å². The predicted molar refractivity (Wildman–Crippen MR) is 96.0 cm³/mol. The SMILES string of the molecule is COc1ccccc1CC1CCN(C(C)(C)c2ccccc2)C1=O. The lowest BCUT2D eigenvalue weighted by molar-refractivity contribution is -0.135. The monoisotopic (exact) mass is 323 g/mol. The number of methoxy groups -OCH3 is 1. The number of carbonyl (C=O) groups is 1. The summed E-state index contributed by atoms with van der Waals surface area (Å²) in [5.41, 5.74) is 2.00. The van der Waals surface area contributed by atoms with Gasteiger partial charge in [0, 0.05) is 12.5 Å². The number of nitrogens with zero attached hydrogens (tertiary/aromatic N) is 1. The highest BCUT2D eigenvalue weighted by Gasteiger charge is 2.40. The molecule has 0 spiro atoms. The molecule has 3 rings (SSSR count). The van der Waals surface area contributed by atoms with Gasteiger partial charge < -0.3 is 9.64 Å². The molecule has 3 nitrogen and oxygen atoms in total. The summed E-state index contributed by atoms with van der Waals surface area (Å²) in [5, 5.41) is 0. The second-order valence-electron chi connectivity index (χ2n) is 6.92. The molecule has 0 aliphatic carbocycles. The topological polar surface area (TPSA) is 29.5 Å². The van der Waals surface area contributed by atoms with Gasteiger partial charge in [-0.05, 0) is 43.9 Å². The van der Waals surface area contributed by atoms with E-state index in [-0.39, 0.29) is 17.4 Å². The van der Waals surface area contributed by atoms with Gasteiger partial charge in [0.25, 0.3) is 0 Å². The van der Waals surface area contributed by atoms with E-state index in [1.165, 1.54) is 5.56 Å². The molecule has 1 atom stereocenters. The van der Waals surface area contributed by atoms with Crippen molar-refractivity contribution in [2.24, 2.45) is 5.92 Å². The fourth-order valence-electron chi connectivity index (χ4n) is 3.62. The van der Waals surface area contributed by atoms with Crippen molar-refractivity contribution in [2.75, 3.05) is 13.7 Å². The molecule has 126 valence electrons. The van der Waals surface area contributed by atoms with Crippen molar-refractivity contribution in [3.8, 4) is 5.75 Å². The van der Waals surface area contributed by atoms with E-state index in [4.69, 9.17) is 4.74 Å². The van der Waals surface area contributed by atoms with Crippen LogP contribution in [0.5, 0.6) is 5.75 Å². The molecular weight excluding hydrogens is 298 g/mol. The van der Waals surface area contributed by atoms with Gasteiger partial charge in [0.2, 0.25) is 5.91 Å². The molecular formula is C21H25NO2. The molecule has 0 bridgehead atoms. The number of likely N-dealkylation sites (tertiary alicyclic amines) is 1. The van der Waals surface area contributed by atoms with Crippen LogP contribution in [0.15, 0.2) is 54.6 Å². The molecule has 1 heterocycles. The van der Waals surface area contributed by atoms with E-state index in [9.17, 15) is 4.79 Å². The highest BCUT2D eigenvalue weighted by Crippen LogP contribution is 2.35. The van der Waals surface area contributed by atoms with Crippen molar-refractivity contribution in [3.05, 3.63) is 65.7 Å². The van der Waals surface area contributed by atoms with E-state index >= 15 is 0 Å². The maximum atomic E-state index is 13.0. The van der Waals surface area contributed by atoms with Crippen LogP contribution >= 0.6 is 0 Å². The minimum absolute atomic E-state index is 0.0317. The average molecular weight is 323 g/mol. The van der Waals surface area contributed by atoms with Gasteiger partial charge in [-0.1, -0.05) is 48.5 Å². The Bertz CT molecular complexity index is 709. The minimum atomic E-state index is -0.284. The van der Waals surface area contributed by atoms with Gasteiger partial charge in [0.05, 0.1) is 12.6 Å². The molecule has 0 radical (unpaired) electrons. The summed E-state index contributed by atoms with van der Waals surface area (Å²) >= 11 is 0. The molecule has 1 unspecified atom stereocenters. The Morgan fingerprint density at radius 2 is 1.75 bits per heavy atom. The van der Waals surface area contributed by atoms with Crippen LogP contribution in [0.4, 0.5) is 0 Å². The van der Waals surface area contributed by atoms with Crippen LogP contribution in [0.2, 0.25) is 0 Å². The molecule has 1 aliphatic rings. The van der Waals surface area contributed by atoms with Crippen molar-refractivity contribution in [1.29, 1.82) is 0 Å². The van der Waals surface area contributed by atoms with E-state index in [0.29, 0.717) is 0 Å². The zero-order valence-corrected chi connectivity index (χ0v) is 14.7. The predicted octanol–water partition coefficient (Wildman–Crippen LogP) is 4.02. The Balaban J connectivity index is 1.78. The van der Waals surface area contributed by atoms with Gasteiger partial charge in [0.15, 0.2) is 0 Å². The number of rotatable bonds is 5. The minimum Gasteiger partial charge on any atom is -0.496 e. The second kappa shape index (κ2) is 6.68. The standard InChI is InChI=1S/C21H25NO2/c1-21(2,18-10-5-4-6-11-18)22-14-13-17(20(22)23)15-16-9-7-8-12-19(16)24-3/h4-12,17H,13-15H2,1-3H3. The molecule has 1 saturated heterocycles. The van der Waals surface area contributed by atoms with E-state index < -0.39 is 0 Å². The van der Waals surface area contributed by atoms with Crippen molar-refractivity contribution in [1.82, 2.24) is 4.90 Å². The van der Waals surface area contributed by atoms with Crippen LogP contribution in [0, 0.1) is 5.92 Å². The Morgan fingerprint density at radius 1 is 1.08 bits per heavy atom. The highest BCUT2D eigenvalue weighted by atomic mass is 16.5. The number of ether oxygens (including phenoxy) is 1. The van der Waals surface area contributed by atoms with Crippen molar-refractivity contribution in [2.45, 2.75) is 32.2 Å². The number of benzene rings is 2. The lowest BCUT2D eigenvalue weighted by atomic mass is 9.92. The van der Waals surface area contributed by atoms with Crippen molar-refractivity contribution < 1.29 is 9.53 Å². The van der Waals surface area contributed by atoms with Gasteiger partial charge >= 0.3 is 0 Å². The summed E-state index contributed by atoms with van der Waals surface area (Å²) in [6.45, 7) is 5.07. The zero-order valence-electron chi connectivity index (χ0n) is 14.7. The van der Waals surface area contributed by atoms with Crippen molar-refractivity contribution >= 4 is 5.91 Å². The Hall–Kier alpha value is -2.29. The number of hydrogen-bond donors (Lipinski definition) is 0. The normalized spacial score (nSPS) is 18.0. The molecule has 24 heavy (non-hydrogen) atoms. The van der Waals surface area contributed by atoms with Gasteiger partial charge in [-0.25, -0.2) is 0 Å². The van der Waals surface area contributed by atoms with Crippen LogP contribution in [0.3, 0.4) is 0 Å². The van der Waals surface area contributed by atoms with E-state index in [1.54, 1.807) is 7.11 Å². The molecule has 1 amide bonds. The zero-order chi connectivity index (χ0) is 17.2. The molecule has 0 saturated carbocycles. The fourth-order valence-corrected chi connectivity index (χ4v) is 3.62. The van der Waals surface area contributed by atoms with Gasteiger partial charge in [0.1, 0.15) is 5.75 Å². The lowest BCUT2D eigenvalue weighted by Gasteiger charge is -2.36. The molecule has 0 aromatic heterocycles. The van der Waals surface area contributed by atoms with E-state index in [0.717, 1.165) is 30.7 Å². The lowest BCUT2D eigenvalue weighted by Crippen LogP contribution is -2.43. The number of hydrogen-bond acceptors (Lipinski definition) is 2. The molecule has 2 aromatic rings. The quantitative estimate of drug-likeness (QED) is 0.831. The number of carbonyl (C=O) groups excluding carboxylic acids is 1. The fraction of sp³-hybridized carbons (Fsp3) is 0.381. The molecule has 0 N–H and O–H groups in total. The van der Waals surface area contributed by atoms with Crippen LogP contribution in [0.1, 0.15) is 31.4 Å².